The van der Waals surface area contributed by atoms with Crippen molar-refractivity contribution in [2.45, 2.75) is 46.8 Å². The largest absolute Gasteiger partial charge is 0.444 e. The number of amides is 2. The van der Waals surface area contributed by atoms with Crippen molar-refractivity contribution < 1.29 is 14.3 Å². The normalized spacial score (nSPS) is 11.6. The molecule has 7 nitrogen and oxygen atoms in total. The minimum absolute atomic E-state index is 0.304. The molecule has 0 spiro atoms. The number of aromatic nitrogens is 2. The molecule has 0 unspecified atom stereocenters. The lowest BCUT2D eigenvalue weighted by atomic mass is 10.1. The first-order valence-electron chi connectivity index (χ1n) is 9.75. The molecule has 162 valence electrons. The second kappa shape index (κ2) is 9.80. The molecule has 2 amide bonds. The van der Waals surface area contributed by atoms with Crippen LogP contribution in [0.2, 0.25) is 5.15 Å². The highest BCUT2D eigenvalue weighted by Gasteiger charge is 2.22. The third-order valence-electron chi connectivity index (χ3n) is 4.27. The maximum atomic E-state index is 12.5. The van der Waals surface area contributed by atoms with Gasteiger partial charge < -0.3 is 15.0 Å². The summed E-state index contributed by atoms with van der Waals surface area (Å²) < 4.78 is 7.02. The number of hydrogen-bond acceptors (Lipinski definition) is 4. The standard InChI is InChI=1S/C22H29ClN4O3/c1-7-27(21(29)30-22(3,4)5)14-16-10-8-9-11-18(16)24-19(28)13-12-17-15(2)25-26(6)20(17)23/h8-13H,7,14H2,1-6H3,(H,24,28)/b13-12+. The van der Waals surface area contributed by atoms with Gasteiger partial charge in [0.2, 0.25) is 5.91 Å². The molecule has 30 heavy (non-hydrogen) atoms. The van der Waals surface area contributed by atoms with Crippen LogP contribution in [0.3, 0.4) is 0 Å². The van der Waals surface area contributed by atoms with E-state index in [1.54, 1.807) is 28.8 Å². The van der Waals surface area contributed by atoms with Crippen LogP contribution in [0.25, 0.3) is 6.08 Å². The molecule has 0 aliphatic rings. The zero-order valence-corrected chi connectivity index (χ0v) is 19.1. The van der Waals surface area contributed by atoms with Gasteiger partial charge in [0.1, 0.15) is 10.8 Å². The summed E-state index contributed by atoms with van der Waals surface area (Å²) in [6, 6.07) is 7.36. The Bertz CT molecular complexity index is 944. The number of rotatable bonds is 6. The molecular weight excluding hydrogens is 404 g/mol. The number of para-hydroxylation sites is 1. The second-order valence-corrected chi connectivity index (χ2v) is 8.25. The second-order valence-electron chi connectivity index (χ2n) is 7.89. The van der Waals surface area contributed by atoms with E-state index in [9.17, 15) is 9.59 Å². The van der Waals surface area contributed by atoms with Crippen molar-refractivity contribution >= 4 is 35.4 Å². The molecule has 0 saturated carbocycles. The number of nitrogens with zero attached hydrogens (tertiary/aromatic N) is 3. The van der Waals surface area contributed by atoms with E-state index in [2.05, 4.69) is 10.4 Å². The van der Waals surface area contributed by atoms with Crippen molar-refractivity contribution in [1.29, 1.82) is 0 Å². The minimum Gasteiger partial charge on any atom is -0.444 e. The number of carbonyl (C=O) groups is 2. The first-order chi connectivity index (χ1) is 14.0. The summed E-state index contributed by atoms with van der Waals surface area (Å²) in [5, 5.41) is 7.56. The number of halogens is 1. The smallest absolute Gasteiger partial charge is 0.410 e. The summed E-state index contributed by atoms with van der Waals surface area (Å²) in [5.41, 5.74) is 2.30. The molecule has 0 saturated heterocycles. The van der Waals surface area contributed by atoms with Crippen molar-refractivity contribution in [2.75, 3.05) is 11.9 Å². The maximum absolute atomic E-state index is 12.5. The number of hydrogen-bond donors (Lipinski definition) is 1. The Morgan fingerprint density at radius 1 is 1.30 bits per heavy atom. The lowest BCUT2D eigenvalue weighted by Gasteiger charge is -2.27. The van der Waals surface area contributed by atoms with Crippen LogP contribution in [0.5, 0.6) is 0 Å². The van der Waals surface area contributed by atoms with E-state index in [1.807, 2.05) is 52.8 Å². The molecule has 2 aromatic rings. The Kier molecular flexibility index (Phi) is 7.67. The Balaban J connectivity index is 2.13. The molecule has 0 aliphatic heterocycles. The van der Waals surface area contributed by atoms with Crippen molar-refractivity contribution in [1.82, 2.24) is 14.7 Å². The molecule has 0 atom stereocenters. The van der Waals surface area contributed by atoms with Crippen LogP contribution < -0.4 is 5.32 Å². The van der Waals surface area contributed by atoms with Crippen LogP contribution in [-0.4, -0.2) is 38.8 Å². The molecule has 0 radical (unpaired) electrons. The average molecular weight is 433 g/mol. The van der Waals surface area contributed by atoms with Gasteiger partial charge in [-0.2, -0.15) is 5.10 Å². The van der Waals surface area contributed by atoms with Gasteiger partial charge in [0.25, 0.3) is 0 Å². The lowest BCUT2D eigenvalue weighted by molar-refractivity contribution is -0.111. The van der Waals surface area contributed by atoms with E-state index >= 15 is 0 Å². The molecule has 1 aromatic carbocycles. The van der Waals surface area contributed by atoms with Crippen molar-refractivity contribution in [3.63, 3.8) is 0 Å². The van der Waals surface area contributed by atoms with Crippen LogP contribution in [0.15, 0.2) is 30.3 Å². The van der Waals surface area contributed by atoms with Crippen LogP contribution in [0.4, 0.5) is 10.5 Å². The minimum atomic E-state index is -0.575. The summed E-state index contributed by atoms with van der Waals surface area (Å²) in [7, 11) is 1.74. The highest BCUT2D eigenvalue weighted by molar-refractivity contribution is 6.31. The van der Waals surface area contributed by atoms with Gasteiger partial charge in [-0.3, -0.25) is 9.48 Å². The maximum Gasteiger partial charge on any atom is 0.410 e. The van der Waals surface area contributed by atoms with E-state index in [-0.39, 0.29) is 5.91 Å². The molecule has 1 aromatic heterocycles. The Morgan fingerprint density at radius 3 is 2.53 bits per heavy atom. The van der Waals surface area contributed by atoms with Crippen LogP contribution >= 0.6 is 11.6 Å². The Hall–Kier alpha value is -2.80. The fourth-order valence-corrected chi connectivity index (χ4v) is 3.02. The van der Waals surface area contributed by atoms with Crippen molar-refractivity contribution in [2.24, 2.45) is 7.05 Å². The third-order valence-corrected chi connectivity index (χ3v) is 4.72. The topological polar surface area (TPSA) is 76.5 Å². The average Bonchev–Trinajstić information content (AvgIpc) is 2.89. The first-order valence-corrected chi connectivity index (χ1v) is 10.1. The first kappa shape index (κ1) is 23.5. The molecule has 1 N–H and O–H groups in total. The van der Waals surface area contributed by atoms with Gasteiger partial charge in [-0.15, -0.1) is 0 Å². The third kappa shape index (κ3) is 6.35. The number of ether oxygens (including phenoxy) is 1. The van der Waals surface area contributed by atoms with Crippen LogP contribution in [-0.2, 0) is 23.1 Å². The Labute approximate surface area is 182 Å². The van der Waals surface area contributed by atoms with Crippen molar-refractivity contribution in [3.05, 3.63) is 52.3 Å². The number of benzene rings is 1. The Morgan fingerprint density at radius 2 is 1.97 bits per heavy atom. The van der Waals surface area contributed by atoms with Gasteiger partial charge in [0.15, 0.2) is 0 Å². The van der Waals surface area contributed by atoms with Gasteiger partial charge in [-0.05, 0) is 52.3 Å². The van der Waals surface area contributed by atoms with Crippen molar-refractivity contribution in [3.8, 4) is 0 Å². The predicted molar refractivity (Wildman–Crippen MR) is 119 cm³/mol. The SMILES string of the molecule is CCN(Cc1ccccc1NC(=O)/C=C/c1c(C)nn(C)c1Cl)C(=O)OC(C)(C)C. The predicted octanol–water partition coefficient (Wildman–Crippen LogP) is 4.79. The molecule has 0 fully saturated rings. The molecule has 2 rings (SSSR count). The van der Waals surface area contributed by atoms with Gasteiger partial charge in [-0.1, -0.05) is 29.8 Å². The van der Waals surface area contributed by atoms with Crippen LogP contribution in [0.1, 0.15) is 44.5 Å². The summed E-state index contributed by atoms with van der Waals surface area (Å²) >= 11 is 6.20. The van der Waals surface area contributed by atoms with Gasteiger partial charge in [0, 0.05) is 30.9 Å². The highest BCUT2D eigenvalue weighted by Crippen LogP contribution is 2.21. The molecule has 1 heterocycles. The number of carbonyl (C=O) groups excluding carboxylic acids is 2. The highest BCUT2D eigenvalue weighted by atomic mass is 35.5. The summed E-state index contributed by atoms with van der Waals surface area (Å²) in [4.78, 5) is 26.5. The molecule has 8 heteroatoms. The molecular formula is C22H29ClN4O3. The monoisotopic (exact) mass is 432 g/mol. The van der Waals surface area contributed by atoms with E-state index in [0.717, 1.165) is 11.3 Å². The molecule has 0 bridgehead atoms. The van der Waals surface area contributed by atoms with Gasteiger partial charge >= 0.3 is 6.09 Å². The zero-order chi connectivity index (χ0) is 22.5. The number of nitrogens with one attached hydrogen (secondary N) is 1. The fraction of sp³-hybridized carbons (Fsp3) is 0.409. The number of aryl methyl sites for hydroxylation is 2. The number of anilines is 1. The lowest BCUT2D eigenvalue weighted by Crippen LogP contribution is -2.36. The molecule has 0 aliphatic carbocycles. The summed E-state index contributed by atoms with van der Waals surface area (Å²) in [5.74, 6) is -0.304. The van der Waals surface area contributed by atoms with E-state index in [4.69, 9.17) is 16.3 Å². The summed E-state index contributed by atoms with van der Waals surface area (Å²) in [6.07, 6.45) is 2.66. The van der Waals surface area contributed by atoms with Gasteiger partial charge in [0.05, 0.1) is 12.2 Å². The fourth-order valence-electron chi connectivity index (χ4n) is 2.79. The summed E-state index contributed by atoms with van der Waals surface area (Å²) in [6.45, 7) is 10.00. The zero-order valence-electron chi connectivity index (χ0n) is 18.3. The quantitative estimate of drug-likeness (QED) is 0.665. The van der Waals surface area contributed by atoms with E-state index < -0.39 is 11.7 Å². The van der Waals surface area contributed by atoms with Crippen LogP contribution in [0, 0.1) is 6.92 Å². The van der Waals surface area contributed by atoms with E-state index in [0.29, 0.717) is 29.5 Å². The van der Waals surface area contributed by atoms with E-state index in [1.165, 1.54) is 6.08 Å². The van der Waals surface area contributed by atoms with Gasteiger partial charge in [-0.25, -0.2) is 4.79 Å².